The van der Waals surface area contributed by atoms with Gasteiger partial charge in [0.15, 0.2) is 11.6 Å². The summed E-state index contributed by atoms with van der Waals surface area (Å²) in [6.07, 6.45) is 13.6. The van der Waals surface area contributed by atoms with E-state index in [9.17, 15) is 14.3 Å². The Morgan fingerprint density at radius 3 is 2.63 bits per heavy atom. The van der Waals surface area contributed by atoms with Crippen molar-refractivity contribution in [1.82, 2.24) is 24.8 Å². The lowest BCUT2D eigenvalue weighted by Gasteiger charge is -2.44. The van der Waals surface area contributed by atoms with Gasteiger partial charge >= 0.3 is 6.01 Å². The number of ether oxygens (including phenoxy) is 1. The molecule has 3 aromatic carbocycles. The third-order valence-corrected chi connectivity index (χ3v) is 11.4. The first-order valence-electron chi connectivity index (χ1n) is 18.2. The summed E-state index contributed by atoms with van der Waals surface area (Å²) in [6, 6.07) is 14.2. The van der Waals surface area contributed by atoms with E-state index in [1.54, 1.807) is 30.3 Å². The van der Waals surface area contributed by atoms with Gasteiger partial charge in [0.25, 0.3) is 5.91 Å². The van der Waals surface area contributed by atoms with Crippen molar-refractivity contribution >= 4 is 39.5 Å². The molecule has 2 aromatic heterocycles. The molecule has 276 valence electrons. The number of aromatic hydroxyl groups is 1. The number of phenolic OH excluding ortho intramolecular Hbond substituents is 1. The number of fused-ring (bicyclic) bond motifs is 3. The summed E-state index contributed by atoms with van der Waals surface area (Å²) in [4.78, 5) is 32.4. The second-order valence-electron chi connectivity index (χ2n) is 14.5. The van der Waals surface area contributed by atoms with Gasteiger partial charge in [0.2, 0.25) is 0 Å². The average Bonchev–Trinajstić information content (AvgIpc) is 3.63. The molecule has 0 spiro atoms. The van der Waals surface area contributed by atoms with Gasteiger partial charge in [-0.3, -0.25) is 9.78 Å². The van der Waals surface area contributed by atoms with E-state index in [0.717, 1.165) is 44.7 Å². The van der Waals surface area contributed by atoms with Gasteiger partial charge in [0, 0.05) is 66.2 Å². The van der Waals surface area contributed by atoms with Crippen molar-refractivity contribution < 1.29 is 27.8 Å². The molecule has 2 aliphatic heterocycles. The highest BCUT2D eigenvalue weighted by Gasteiger charge is 2.47. The maximum atomic E-state index is 17.1. The van der Waals surface area contributed by atoms with Gasteiger partial charge < -0.3 is 24.5 Å². The third-order valence-electron chi connectivity index (χ3n) is 11.4. The van der Waals surface area contributed by atoms with E-state index in [-0.39, 0.29) is 70.9 Å². The predicted molar refractivity (Wildman–Crippen MR) is 202 cm³/mol. The standard InChI is InChI=1S/C42H39F3N6O3/c1-3-29-33(43)13-10-26-22-28(52)24-32(36(26)29)30-11-12-31-38(37(30)45)47-41(54-25-42-14-6-9-35(42)49(2)17-7-15-42)48-39(31)50-18-20-51(21-19-50)40(53)34(44)23-27-8-4-5-16-46-27/h1,4-5,8,10-13,16,22-24,35,52H,6-7,9,14-15,17-21,25H2,2H3/b34-23-. The van der Waals surface area contributed by atoms with Crippen LogP contribution in [0.25, 0.3) is 38.9 Å². The number of pyridine rings is 1. The molecule has 0 bridgehead atoms. The Bertz CT molecular complexity index is 2340. The van der Waals surface area contributed by atoms with Gasteiger partial charge in [-0.05, 0) is 86.6 Å². The van der Waals surface area contributed by atoms with E-state index in [1.165, 1.54) is 35.4 Å². The van der Waals surface area contributed by atoms with Crippen LogP contribution in [0.5, 0.6) is 11.8 Å². The van der Waals surface area contributed by atoms with Crippen LogP contribution >= 0.6 is 0 Å². The number of halogens is 3. The molecule has 0 radical (unpaired) electrons. The molecule has 1 amide bonds. The summed E-state index contributed by atoms with van der Waals surface area (Å²) in [5, 5.41) is 11.8. The zero-order valence-electron chi connectivity index (χ0n) is 29.9. The number of terminal acetylenes is 1. The smallest absolute Gasteiger partial charge is 0.319 e. The number of hydrogen-bond acceptors (Lipinski definition) is 8. The van der Waals surface area contributed by atoms with Crippen LogP contribution in [0.2, 0.25) is 0 Å². The van der Waals surface area contributed by atoms with Crippen molar-refractivity contribution in [2.75, 3.05) is 51.3 Å². The second kappa shape index (κ2) is 14.3. The maximum Gasteiger partial charge on any atom is 0.319 e. The summed E-state index contributed by atoms with van der Waals surface area (Å²) in [7, 11) is 2.15. The Morgan fingerprint density at radius 2 is 1.85 bits per heavy atom. The fraction of sp³-hybridized carbons (Fsp3) is 0.333. The lowest BCUT2D eigenvalue weighted by molar-refractivity contribution is -0.128. The number of aromatic nitrogens is 3. The Morgan fingerprint density at radius 1 is 1.04 bits per heavy atom. The molecule has 1 saturated carbocycles. The Labute approximate surface area is 311 Å². The van der Waals surface area contributed by atoms with Crippen LogP contribution in [0.4, 0.5) is 19.0 Å². The van der Waals surface area contributed by atoms with E-state index in [0.29, 0.717) is 34.9 Å². The number of amides is 1. The topological polar surface area (TPSA) is 94.9 Å². The zero-order chi connectivity index (χ0) is 37.6. The molecule has 2 unspecified atom stereocenters. The first-order valence-corrected chi connectivity index (χ1v) is 18.2. The number of anilines is 1. The Kier molecular flexibility index (Phi) is 9.36. The molecule has 1 aliphatic carbocycles. The van der Waals surface area contributed by atoms with Gasteiger partial charge in [0.1, 0.15) is 22.9 Å². The molecule has 8 rings (SSSR count). The molecular formula is C42H39F3N6O3. The summed E-state index contributed by atoms with van der Waals surface area (Å²) in [5.41, 5.74) is 0.482. The number of phenols is 1. The van der Waals surface area contributed by atoms with E-state index in [1.807, 2.05) is 4.90 Å². The second-order valence-corrected chi connectivity index (χ2v) is 14.5. The van der Waals surface area contributed by atoms with Crippen molar-refractivity contribution in [3.63, 3.8) is 0 Å². The van der Waals surface area contributed by atoms with E-state index < -0.39 is 23.4 Å². The van der Waals surface area contributed by atoms with Crippen molar-refractivity contribution in [3.8, 4) is 35.2 Å². The maximum absolute atomic E-state index is 17.1. The number of piperazine rings is 1. The van der Waals surface area contributed by atoms with Crippen LogP contribution < -0.4 is 9.64 Å². The van der Waals surface area contributed by atoms with Crippen molar-refractivity contribution in [1.29, 1.82) is 0 Å². The normalized spacial score (nSPS) is 20.6. The number of benzene rings is 3. The highest BCUT2D eigenvalue weighted by Crippen LogP contribution is 2.48. The summed E-state index contributed by atoms with van der Waals surface area (Å²) in [5.74, 6) is -0.342. The largest absolute Gasteiger partial charge is 0.508 e. The molecule has 4 heterocycles. The molecule has 3 aliphatic rings. The fourth-order valence-electron chi connectivity index (χ4n) is 8.73. The molecule has 2 atom stereocenters. The van der Waals surface area contributed by atoms with Gasteiger partial charge in [-0.25, -0.2) is 13.2 Å². The van der Waals surface area contributed by atoms with Crippen LogP contribution in [-0.4, -0.2) is 88.2 Å². The van der Waals surface area contributed by atoms with Crippen LogP contribution in [0, 0.1) is 29.4 Å². The van der Waals surface area contributed by atoms with Gasteiger partial charge in [-0.15, -0.1) is 6.42 Å². The third kappa shape index (κ3) is 6.36. The minimum Gasteiger partial charge on any atom is -0.508 e. The monoisotopic (exact) mass is 732 g/mol. The van der Waals surface area contributed by atoms with Crippen LogP contribution in [-0.2, 0) is 4.79 Å². The first-order chi connectivity index (χ1) is 26.2. The van der Waals surface area contributed by atoms with Crippen molar-refractivity contribution in [3.05, 3.63) is 89.5 Å². The zero-order valence-corrected chi connectivity index (χ0v) is 29.9. The molecule has 1 N–H and O–H groups in total. The number of carbonyl (C=O) groups is 1. The number of carbonyl (C=O) groups excluding carboxylic acids is 1. The molecular weight excluding hydrogens is 693 g/mol. The highest BCUT2D eigenvalue weighted by atomic mass is 19.1. The van der Waals surface area contributed by atoms with Crippen LogP contribution in [0.1, 0.15) is 43.4 Å². The van der Waals surface area contributed by atoms with Crippen LogP contribution in [0.3, 0.4) is 0 Å². The van der Waals surface area contributed by atoms with Gasteiger partial charge in [0.05, 0.1) is 17.9 Å². The van der Waals surface area contributed by atoms with Crippen LogP contribution in [0.15, 0.2) is 66.6 Å². The highest BCUT2D eigenvalue weighted by molar-refractivity contribution is 6.04. The van der Waals surface area contributed by atoms with Gasteiger partial charge in [-0.2, -0.15) is 9.97 Å². The number of hydrogen-bond donors (Lipinski definition) is 1. The number of rotatable bonds is 7. The lowest BCUT2D eigenvalue weighted by Crippen LogP contribution is -2.50. The quantitative estimate of drug-likeness (QED) is 0.140. The van der Waals surface area contributed by atoms with E-state index >= 15 is 8.78 Å². The minimum absolute atomic E-state index is 0.0146. The number of piperidine rings is 1. The number of likely N-dealkylation sites (tertiary alicyclic amines) is 1. The number of nitrogens with zero attached hydrogens (tertiary/aromatic N) is 6. The molecule has 2 saturated heterocycles. The van der Waals surface area contributed by atoms with Gasteiger partial charge in [-0.1, -0.05) is 30.5 Å². The minimum atomic E-state index is -0.912. The van der Waals surface area contributed by atoms with E-state index in [2.05, 4.69) is 27.8 Å². The first kappa shape index (κ1) is 35.4. The SMILES string of the molecule is C#Cc1c(F)ccc2cc(O)cc(-c3ccc4c(N5CCN(C(=O)/C(F)=C/c6ccccn6)CC5)nc(OCC56CCCC5N(C)CCC6)nc4c3F)c12. The predicted octanol–water partition coefficient (Wildman–Crippen LogP) is 7.11. The molecule has 9 nitrogen and oxygen atoms in total. The molecule has 3 fully saturated rings. The molecule has 5 aromatic rings. The summed E-state index contributed by atoms with van der Waals surface area (Å²) < 4.78 is 53.5. The molecule has 54 heavy (non-hydrogen) atoms. The average molecular weight is 733 g/mol. The Balaban J connectivity index is 1.17. The van der Waals surface area contributed by atoms with E-state index in [4.69, 9.17) is 16.1 Å². The molecule has 12 heteroatoms. The summed E-state index contributed by atoms with van der Waals surface area (Å²) in [6.45, 7) is 2.37. The summed E-state index contributed by atoms with van der Waals surface area (Å²) >= 11 is 0. The Hall–Kier alpha value is -5.67. The van der Waals surface area contributed by atoms with Crippen molar-refractivity contribution in [2.24, 2.45) is 5.41 Å². The van der Waals surface area contributed by atoms with Crippen molar-refractivity contribution in [2.45, 2.75) is 38.1 Å². The lowest BCUT2D eigenvalue weighted by atomic mass is 9.76. The fourth-order valence-corrected chi connectivity index (χ4v) is 8.73.